The normalized spacial score (nSPS) is 15.7. The number of carbonyl (C=O) groups excluding carboxylic acids is 3. The molecule has 23 heavy (non-hydrogen) atoms. The highest BCUT2D eigenvalue weighted by Crippen LogP contribution is 1.93. The molecule has 0 saturated carbocycles. The third-order valence-corrected chi connectivity index (χ3v) is 2.72. The third kappa shape index (κ3) is 7.54. The zero-order valence-electron chi connectivity index (χ0n) is 12.8. The predicted octanol–water partition coefficient (Wildman–Crippen LogP) is -4.12. The monoisotopic (exact) mass is 334 g/mol. The first kappa shape index (κ1) is 20.8. The largest absolute Gasteiger partial charge is 0.480 e. The minimum absolute atomic E-state index is 0.597. The van der Waals surface area contributed by atoms with Crippen LogP contribution in [0.3, 0.4) is 0 Å². The zero-order valence-corrected chi connectivity index (χ0v) is 12.8. The van der Waals surface area contributed by atoms with E-state index in [9.17, 15) is 24.3 Å². The van der Waals surface area contributed by atoms with Gasteiger partial charge in [0.1, 0.15) is 6.04 Å². The van der Waals surface area contributed by atoms with Gasteiger partial charge in [-0.15, -0.1) is 0 Å². The molecular formula is C12H22N4O7. The zero-order chi connectivity index (χ0) is 18.2. The second kappa shape index (κ2) is 9.71. The van der Waals surface area contributed by atoms with Crippen molar-refractivity contribution in [3.8, 4) is 0 Å². The van der Waals surface area contributed by atoms with E-state index in [0.29, 0.717) is 0 Å². The van der Waals surface area contributed by atoms with Crippen molar-refractivity contribution in [1.29, 1.82) is 0 Å². The number of carboxylic acids is 1. The maximum atomic E-state index is 11.7. The maximum absolute atomic E-state index is 11.7. The van der Waals surface area contributed by atoms with Gasteiger partial charge < -0.3 is 37.0 Å². The van der Waals surface area contributed by atoms with Crippen LogP contribution >= 0.6 is 0 Å². The number of aliphatic carboxylic acids is 1. The minimum Gasteiger partial charge on any atom is -0.480 e. The summed E-state index contributed by atoms with van der Waals surface area (Å²) in [6, 6.07) is -3.71. The van der Waals surface area contributed by atoms with E-state index in [1.165, 1.54) is 13.8 Å². The molecule has 0 aromatic carbocycles. The van der Waals surface area contributed by atoms with Crippen LogP contribution in [0.25, 0.3) is 0 Å². The Morgan fingerprint density at radius 2 is 1.65 bits per heavy atom. The molecule has 4 atom stereocenters. The number of aliphatic hydroxyl groups excluding tert-OH is 2. The van der Waals surface area contributed by atoms with Crippen molar-refractivity contribution in [2.24, 2.45) is 5.73 Å². The van der Waals surface area contributed by atoms with Gasteiger partial charge in [-0.1, -0.05) is 0 Å². The number of rotatable bonds is 9. The molecule has 0 aliphatic heterocycles. The Morgan fingerprint density at radius 3 is 2.04 bits per heavy atom. The molecule has 0 aromatic heterocycles. The Hall–Kier alpha value is -2.24. The SMILES string of the molecule is CC(N)C(=O)NC(CO)C(=O)NCC(=O)NC(C(=O)O)C(C)O. The minimum atomic E-state index is -1.52. The number of hydrogen-bond acceptors (Lipinski definition) is 7. The first-order chi connectivity index (χ1) is 10.6. The molecule has 0 bridgehead atoms. The van der Waals surface area contributed by atoms with Gasteiger partial charge in [-0.25, -0.2) is 4.79 Å². The van der Waals surface area contributed by atoms with Gasteiger partial charge in [0.25, 0.3) is 0 Å². The van der Waals surface area contributed by atoms with E-state index in [1.807, 2.05) is 5.32 Å². The van der Waals surface area contributed by atoms with Gasteiger partial charge in [0.15, 0.2) is 6.04 Å². The quantitative estimate of drug-likeness (QED) is 0.221. The summed E-state index contributed by atoms with van der Waals surface area (Å²) in [6.45, 7) is 1.26. The van der Waals surface area contributed by atoms with Gasteiger partial charge in [-0.05, 0) is 13.8 Å². The van der Waals surface area contributed by atoms with Crippen LogP contribution in [0.15, 0.2) is 0 Å². The number of amides is 3. The number of hydrogen-bond donors (Lipinski definition) is 7. The molecule has 11 nitrogen and oxygen atoms in total. The van der Waals surface area contributed by atoms with E-state index in [2.05, 4.69) is 10.6 Å². The first-order valence-electron chi connectivity index (χ1n) is 6.74. The van der Waals surface area contributed by atoms with Crippen molar-refractivity contribution in [2.75, 3.05) is 13.2 Å². The molecule has 0 saturated heterocycles. The van der Waals surface area contributed by atoms with Gasteiger partial charge >= 0.3 is 5.97 Å². The summed E-state index contributed by atoms with van der Waals surface area (Å²) in [4.78, 5) is 45.4. The highest BCUT2D eigenvalue weighted by Gasteiger charge is 2.26. The average molecular weight is 334 g/mol. The lowest BCUT2D eigenvalue weighted by molar-refractivity contribution is -0.144. The summed E-state index contributed by atoms with van der Waals surface area (Å²) in [5, 5.41) is 33.4. The Bertz CT molecular complexity index is 453. The summed E-state index contributed by atoms with van der Waals surface area (Å²) in [5.41, 5.74) is 5.30. The van der Waals surface area contributed by atoms with Gasteiger partial charge in [0.2, 0.25) is 17.7 Å². The summed E-state index contributed by atoms with van der Waals surface area (Å²) in [5.74, 6) is -3.80. The predicted molar refractivity (Wildman–Crippen MR) is 76.9 cm³/mol. The number of aliphatic hydroxyl groups is 2. The van der Waals surface area contributed by atoms with Crippen LogP contribution < -0.4 is 21.7 Å². The van der Waals surface area contributed by atoms with Crippen LogP contribution in [0, 0.1) is 0 Å². The molecule has 132 valence electrons. The Labute approximate surface area is 132 Å². The summed E-state index contributed by atoms with van der Waals surface area (Å²) >= 11 is 0. The number of nitrogens with one attached hydrogen (secondary N) is 3. The molecule has 0 spiro atoms. The standard InChI is InChI=1S/C12H22N4O7/c1-5(13)10(20)15-7(4-17)11(21)14-3-8(19)16-9(6(2)18)12(22)23/h5-7,9,17-18H,3-4,13H2,1-2H3,(H,14,21)(H,15,20)(H,16,19)(H,22,23). The summed E-state index contributed by atoms with van der Waals surface area (Å²) < 4.78 is 0. The van der Waals surface area contributed by atoms with Gasteiger partial charge in [-0.2, -0.15) is 0 Å². The summed E-state index contributed by atoms with van der Waals surface area (Å²) in [6.07, 6.45) is -1.33. The van der Waals surface area contributed by atoms with Crippen molar-refractivity contribution < 1.29 is 34.5 Å². The molecule has 0 aromatic rings. The highest BCUT2D eigenvalue weighted by molar-refractivity contribution is 5.92. The van der Waals surface area contributed by atoms with Crippen molar-refractivity contribution in [3.05, 3.63) is 0 Å². The third-order valence-electron chi connectivity index (χ3n) is 2.72. The van der Waals surface area contributed by atoms with E-state index in [0.717, 1.165) is 0 Å². The molecule has 0 rings (SSSR count). The summed E-state index contributed by atoms with van der Waals surface area (Å²) in [7, 11) is 0. The molecule has 11 heteroatoms. The van der Waals surface area contributed by atoms with Crippen molar-refractivity contribution in [2.45, 2.75) is 38.1 Å². The Morgan fingerprint density at radius 1 is 1.09 bits per heavy atom. The lowest BCUT2D eigenvalue weighted by atomic mass is 10.2. The molecule has 4 unspecified atom stereocenters. The molecule has 0 fully saturated rings. The fourth-order valence-electron chi connectivity index (χ4n) is 1.40. The van der Waals surface area contributed by atoms with Gasteiger partial charge in [0.05, 0.1) is 25.3 Å². The highest BCUT2D eigenvalue weighted by atomic mass is 16.4. The van der Waals surface area contributed by atoms with E-state index in [-0.39, 0.29) is 0 Å². The Balaban J connectivity index is 4.47. The van der Waals surface area contributed by atoms with Crippen molar-refractivity contribution in [3.63, 3.8) is 0 Å². The second-order valence-electron chi connectivity index (χ2n) is 4.87. The fraction of sp³-hybridized carbons (Fsp3) is 0.667. The van der Waals surface area contributed by atoms with Gasteiger partial charge in [-0.3, -0.25) is 14.4 Å². The van der Waals surface area contributed by atoms with E-state index >= 15 is 0 Å². The van der Waals surface area contributed by atoms with E-state index in [1.54, 1.807) is 0 Å². The molecule has 0 heterocycles. The molecule has 3 amide bonds. The van der Waals surface area contributed by atoms with Crippen LogP contribution in [-0.4, -0.2) is 76.4 Å². The Kier molecular flexibility index (Phi) is 8.77. The van der Waals surface area contributed by atoms with E-state index < -0.39 is 61.1 Å². The number of carbonyl (C=O) groups is 4. The van der Waals surface area contributed by atoms with Crippen LogP contribution in [0.4, 0.5) is 0 Å². The maximum Gasteiger partial charge on any atom is 0.328 e. The molecule has 0 aliphatic rings. The smallest absolute Gasteiger partial charge is 0.328 e. The van der Waals surface area contributed by atoms with Crippen molar-refractivity contribution in [1.82, 2.24) is 16.0 Å². The average Bonchev–Trinajstić information content (AvgIpc) is 2.46. The molecule has 8 N–H and O–H groups in total. The molecule has 0 radical (unpaired) electrons. The molecule has 0 aliphatic carbocycles. The second-order valence-corrected chi connectivity index (χ2v) is 4.87. The van der Waals surface area contributed by atoms with Crippen LogP contribution in [0.2, 0.25) is 0 Å². The van der Waals surface area contributed by atoms with Gasteiger partial charge in [0, 0.05) is 0 Å². The van der Waals surface area contributed by atoms with Crippen LogP contribution in [0.5, 0.6) is 0 Å². The number of nitrogens with two attached hydrogens (primary N) is 1. The fourth-order valence-corrected chi connectivity index (χ4v) is 1.40. The van der Waals surface area contributed by atoms with Crippen LogP contribution in [-0.2, 0) is 19.2 Å². The van der Waals surface area contributed by atoms with Crippen LogP contribution in [0.1, 0.15) is 13.8 Å². The topological polar surface area (TPSA) is 191 Å². The van der Waals surface area contributed by atoms with Crippen molar-refractivity contribution >= 4 is 23.7 Å². The van der Waals surface area contributed by atoms with E-state index in [4.69, 9.17) is 15.9 Å². The number of carboxylic acid groups (broad SMARTS) is 1. The molecular weight excluding hydrogens is 312 g/mol. The lowest BCUT2D eigenvalue weighted by Crippen LogP contribution is -2.55. The lowest BCUT2D eigenvalue weighted by Gasteiger charge is -2.19. The first-order valence-corrected chi connectivity index (χ1v) is 6.74.